The van der Waals surface area contributed by atoms with Crippen LogP contribution >= 0.6 is 11.3 Å². The number of carbonyl (C=O) groups excluding carboxylic acids is 1. The summed E-state index contributed by atoms with van der Waals surface area (Å²) in [5.41, 5.74) is 2.53. The van der Waals surface area contributed by atoms with Gasteiger partial charge >= 0.3 is 0 Å². The standard InChI is InChI=1S/C18H23N3O3S2/c1-13(2)18-20-15(12-25-18)11-17(22)19-8-10-26(23,24)21-9-7-14-5-3-4-6-16(14)21/h3-6,12-13H,7-11H2,1-2H3,(H,19,22). The summed E-state index contributed by atoms with van der Waals surface area (Å²) in [5, 5.41) is 5.58. The van der Waals surface area contributed by atoms with E-state index in [0.717, 1.165) is 28.4 Å². The number of rotatable bonds is 7. The first-order valence-electron chi connectivity index (χ1n) is 8.66. The molecule has 0 bridgehead atoms. The van der Waals surface area contributed by atoms with E-state index in [9.17, 15) is 13.2 Å². The molecule has 0 saturated heterocycles. The lowest BCUT2D eigenvalue weighted by Crippen LogP contribution is -2.37. The summed E-state index contributed by atoms with van der Waals surface area (Å²) in [5.74, 6) is 0.0226. The van der Waals surface area contributed by atoms with Crippen molar-refractivity contribution in [3.8, 4) is 0 Å². The molecule has 140 valence electrons. The molecule has 26 heavy (non-hydrogen) atoms. The third-order valence-electron chi connectivity index (χ3n) is 4.27. The molecule has 1 aliphatic heterocycles. The third kappa shape index (κ3) is 4.24. The molecule has 0 atom stereocenters. The first kappa shape index (κ1) is 18.8. The van der Waals surface area contributed by atoms with Crippen LogP contribution < -0.4 is 9.62 Å². The van der Waals surface area contributed by atoms with Crippen molar-refractivity contribution >= 4 is 33.0 Å². The Labute approximate surface area is 158 Å². The second kappa shape index (κ2) is 7.75. The molecule has 1 N–H and O–H groups in total. The van der Waals surface area contributed by atoms with Crippen molar-refractivity contribution in [2.24, 2.45) is 0 Å². The lowest BCUT2D eigenvalue weighted by Gasteiger charge is -2.19. The highest BCUT2D eigenvalue weighted by Crippen LogP contribution is 2.29. The van der Waals surface area contributed by atoms with Gasteiger partial charge in [0, 0.05) is 24.4 Å². The van der Waals surface area contributed by atoms with Gasteiger partial charge in [-0.2, -0.15) is 0 Å². The molecule has 6 nitrogen and oxygen atoms in total. The Morgan fingerprint density at radius 2 is 2.12 bits per heavy atom. The van der Waals surface area contributed by atoms with E-state index in [0.29, 0.717) is 12.5 Å². The Kier molecular flexibility index (Phi) is 5.62. The van der Waals surface area contributed by atoms with Gasteiger partial charge in [0.15, 0.2) is 0 Å². The Morgan fingerprint density at radius 3 is 2.85 bits per heavy atom. The number of aromatic nitrogens is 1. The highest BCUT2D eigenvalue weighted by atomic mass is 32.2. The molecule has 1 aliphatic rings. The van der Waals surface area contributed by atoms with E-state index in [1.807, 2.05) is 29.6 Å². The van der Waals surface area contributed by atoms with Gasteiger partial charge in [0.25, 0.3) is 0 Å². The number of hydrogen-bond donors (Lipinski definition) is 1. The van der Waals surface area contributed by atoms with Crippen LogP contribution in [0.4, 0.5) is 5.69 Å². The van der Waals surface area contributed by atoms with Crippen molar-refractivity contribution in [1.29, 1.82) is 0 Å². The maximum Gasteiger partial charge on any atom is 0.236 e. The highest BCUT2D eigenvalue weighted by Gasteiger charge is 2.28. The molecule has 1 aromatic carbocycles. The molecule has 2 aromatic rings. The Bertz CT molecular complexity index is 891. The van der Waals surface area contributed by atoms with Crippen molar-refractivity contribution in [2.75, 3.05) is 23.1 Å². The van der Waals surface area contributed by atoms with E-state index >= 15 is 0 Å². The zero-order valence-corrected chi connectivity index (χ0v) is 16.6. The Balaban J connectivity index is 1.51. The second-order valence-corrected chi connectivity index (χ2v) is 9.53. The van der Waals surface area contributed by atoms with Crippen molar-refractivity contribution in [3.05, 3.63) is 45.9 Å². The van der Waals surface area contributed by atoms with Crippen LogP contribution in [0.15, 0.2) is 29.6 Å². The molecule has 8 heteroatoms. The lowest BCUT2D eigenvalue weighted by atomic mass is 10.2. The summed E-state index contributed by atoms with van der Waals surface area (Å²) in [7, 11) is -3.44. The summed E-state index contributed by atoms with van der Waals surface area (Å²) in [6, 6.07) is 7.53. The minimum Gasteiger partial charge on any atom is -0.355 e. The molecule has 2 heterocycles. The molecular weight excluding hydrogens is 370 g/mol. The Morgan fingerprint density at radius 1 is 1.35 bits per heavy atom. The van der Waals surface area contributed by atoms with Crippen LogP contribution in [0.5, 0.6) is 0 Å². The average Bonchev–Trinajstić information content (AvgIpc) is 3.21. The van der Waals surface area contributed by atoms with Gasteiger partial charge in [-0.1, -0.05) is 32.0 Å². The number of nitrogens with one attached hydrogen (secondary N) is 1. The van der Waals surface area contributed by atoms with E-state index in [4.69, 9.17) is 0 Å². The number of fused-ring (bicyclic) bond motifs is 1. The average molecular weight is 394 g/mol. The fourth-order valence-electron chi connectivity index (χ4n) is 2.92. The summed E-state index contributed by atoms with van der Waals surface area (Å²) in [6.07, 6.45) is 0.902. The number of hydrogen-bond acceptors (Lipinski definition) is 5. The van der Waals surface area contributed by atoms with Crippen LogP contribution in [-0.4, -0.2) is 38.2 Å². The van der Waals surface area contributed by atoms with Gasteiger partial charge < -0.3 is 5.32 Å². The number of anilines is 1. The Hall–Kier alpha value is -1.93. The maximum atomic E-state index is 12.6. The summed E-state index contributed by atoms with van der Waals surface area (Å²) in [4.78, 5) is 16.5. The van der Waals surface area contributed by atoms with Crippen molar-refractivity contribution in [2.45, 2.75) is 32.6 Å². The van der Waals surface area contributed by atoms with Gasteiger partial charge in [-0.05, 0) is 18.1 Å². The molecule has 0 aliphatic carbocycles. The second-order valence-electron chi connectivity index (χ2n) is 6.63. The van der Waals surface area contributed by atoms with E-state index in [-0.39, 0.29) is 24.6 Å². The lowest BCUT2D eigenvalue weighted by molar-refractivity contribution is -0.120. The number of nitrogens with zero attached hydrogens (tertiary/aromatic N) is 2. The minimum absolute atomic E-state index is 0.0982. The van der Waals surface area contributed by atoms with E-state index in [1.165, 1.54) is 4.31 Å². The van der Waals surface area contributed by atoms with Gasteiger partial charge in [0.2, 0.25) is 15.9 Å². The molecule has 0 spiro atoms. The fraction of sp³-hybridized carbons (Fsp3) is 0.444. The largest absolute Gasteiger partial charge is 0.355 e. The van der Waals surface area contributed by atoms with Crippen molar-refractivity contribution < 1.29 is 13.2 Å². The van der Waals surface area contributed by atoms with Gasteiger partial charge in [-0.25, -0.2) is 13.4 Å². The van der Waals surface area contributed by atoms with Gasteiger partial charge in [-0.15, -0.1) is 11.3 Å². The van der Waals surface area contributed by atoms with Gasteiger partial charge in [0.05, 0.1) is 28.6 Å². The number of carbonyl (C=O) groups is 1. The van der Waals surface area contributed by atoms with Crippen molar-refractivity contribution in [3.63, 3.8) is 0 Å². The first-order valence-corrected chi connectivity index (χ1v) is 11.1. The van der Waals surface area contributed by atoms with Crippen molar-refractivity contribution in [1.82, 2.24) is 10.3 Å². The molecule has 0 saturated carbocycles. The van der Waals surface area contributed by atoms with Crippen LogP contribution in [0.1, 0.15) is 36.0 Å². The predicted molar refractivity (Wildman–Crippen MR) is 104 cm³/mol. The summed E-state index contributed by atoms with van der Waals surface area (Å²) < 4.78 is 26.6. The molecule has 3 rings (SSSR count). The highest BCUT2D eigenvalue weighted by molar-refractivity contribution is 7.92. The number of benzene rings is 1. The monoisotopic (exact) mass is 393 g/mol. The van der Waals surface area contributed by atoms with E-state index in [1.54, 1.807) is 11.3 Å². The van der Waals surface area contributed by atoms with Crippen LogP contribution in [0.25, 0.3) is 0 Å². The first-order chi connectivity index (χ1) is 12.4. The van der Waals surface area contributed by atoms with Gasteiger partial charge in [0.1, 0.15) is 0 Å². The fourth-order valence-corrected chi connectivity index (χ4v) is 5.19. The molecule has 0 fully saturated rings. The van der Waals surface area contributed by atoms with Crippen LogP contribution in [0.2, 0.25) is 0 Å². The smallest absolute Gasteiger partial charge is 0.236 e. The van der Waals surface area contributed by atoms with E-state index < -0.39 is 10.0 Å². The zero-order chi connectivity index (χ0) is 18.7. The number of para-hydroxylation sites is 1. The number of thiazole rings is 1. The SMILES string of the molecule is CC(C)c1nc(CC(=O)NCCS(=O)(=O)N2CCc3ccccc32)cs1. The summed E-state index contributed by atoms with van der Waals surface area (Å²) >= 11 is 1.54. The predicted octanol–water partition coefficient (Wildman–Crippen LogP) is 2.32. The van der Waals surface area contributed by atoms with Crippen LogP contribution in [0.3, 0.4) is 0 Å². The topological polar surface area (TPSA) is 79.4 Å². The molecule has 0 radical (unpaired) electrons. The van der Waals surface area contributed by atoms with Gasteiger partial charge in [-0.3, -0.25) is 9.10 Å². The third-order valence-corrected chi connectivity index (χ3v) is 7.23. The van der Waals surface area contributed by atoms with Crippen LogP contribution in [-0.2, 0) is 27.7 Å². The molecule has 0 unspecified atom stereocenters. The molecule has 1 aromatic heterocycles. The number of sulfonamides is 1. The zero-order valence-electron chi connectivity index (χ0n) is 14.9. The molecule has 1 amide bonds. The minimum atomic E-state index is -3.44. The summed E-state index contributed by atoms with van der Waals surface area (Å²) in [6.45, 7) is 4.68. The van der Waals surface area contributed by atoms with E-state index in [2.05, 4.69) is 24.1 Å². The van der Waals surface area contributed by atoms with Crippen LogP contribution in [0, 0.1) is 0 Å². The number of amides is 1. The normalized spacial score (nSPS) is 13.9. The maximum absolute atomic E-state index is 12.6. The molecular formula is C18H23N3O3S2. The quantitative estimate of drug-likeness (QED) is 0.783.